The van der Waals surface area contributed by atoms with Crippen LogP contribution < -0.4 is 4.90 Å². The van der Waals surface area contributed by atoms with E-state index in [1.54, 1.807) is 4.81 Å². The standard InChI is InChI=1S/C20H22N4O2/c1-19-17(18(25)26-3)14-23(15-10-6-4-7-11-15)20(19,2)22-24(21-19)16-12-8-5-9-13-16/h4-13,17H,14H2,1-3H3/t17?,19-,20+/m0/s1. The van der Waals surface area contributed by atoms with Gasteiger partial charge in [-0.15, -0.1) is 4.81 Å². The summed E-state index contributed by atoms with van der Waals surface area (Å²) < 4.78 is 5.09. The predicted molar refractivity (Wildman–Crippen MR) is 98.3 cm³/mol. The van der Waals surface area contributed by atoms with Gasteiger partial charge in [-0.25, -0.2) is 5.11 Å². The Bertz CT molecular complexity index is 855. The molecule has 4 rings (SSSR count). The Morgan fingerprint density at radius 2 is 1.77 bits per heavy atom. The van der Waals surface area contributed by atoms with Gasteiger partial charge in [-0.3, -0.25) is 4.79 Å². The van der Waals surface area contributed by atoms with Crippen LogP contribution in [0.5, 0.6) is 0 Å². The number of esters is 1. The van der Waals surface area contributed by atoms with Crippen LogP contribution in [0.2, 0.25) is 0 Å². The Hall–Kier alpha value is -2.89. The summed E-state index contributed by atoms with van der Waals surface area (Å²) in [5, 5.41) is 4.87. The number of para-hydroxylation sites is 2. The fourth-order valence-corrected chi connectivity index (χ4v) is 3.95. The molecule has 0 amide bonds. The summed E-state index contributed by atoms with van der Waals surface area (Å²) in [6.07, 6.45) is 0. The number of benzene rings is 2. The van der Waals surface area contributed by atoms with Gasteiger partial charge < -0.3 is 9.64 Å². The van der Waals surface area contributed by atoms with Gasteiger partial charge >= 0.3 is 5.97 Å². The molecule has 6 heteroatoms. The zero-order chi connectivity index (χ0) is 18.4. The lowest BCUT2D eigenvalue weighted by atomic mass is 9.81. The molecule has 0 radical (unpaired) electrons. The summed E-state index contributed by atoms with van der Waals surface area (Å²) in [6, 6.07) is 19.8. The molecule has 134 valence electrons. The number of ether oxygens (including phenoxy) is 1. The topological polar surface area (TPSA) is 59.0 Å². The van der Waals surface area contributed by atoms with Crippen LogP contribution in [0.4, 0.5) is 11.4 Å². The maximum atomic E-state index is 12.6. The molecule has 0 aromatic heterocycles. The van der Waals surface area contributed by atoms with Gasteiger partial charge in [-0.2, -0.15) is 5.43 Å². The van der Waals surface area contributed by atoms with Gasteiger partial charge in [0.15, 0.2) is 0 Å². The minimum absolute atomic E-state index is 0.258. The highest BCUT2D eigenvalue weighted by molar-refractivity contribution is 5.78. The Morgan fingerprint density at radius 3 is 2.38 bits per heavy atom. The molecule has 6 nitrogen and oxygen atoms in total. The second-order valence-corrected chi connectivity index (χ2v) is 7.02. The first-order valence-corrected chi connectivity index (χ1v) is 8.71. The van der Waals surface area contributed by atoms with Crippen molar-refractivity contribution in [2.45, 2.75) is 25.0 Å². The molecule has 2 aromatic rings. The highest BCUT2D eigenvalue weighted by Gasteiger charge is 2.64. The SMILES string of the molecule is COC(=O)C1CN(c2ccccc2)[C@@]2(C)[N-][N+](c3ccccc3)=N[C@@]12C. The lowest BCUT2D eigenvalue weighted by molar-refractivity contribution is -0.457. The number of rotatable bonds is 3. The molecule has 3 atom stereocenters. The molecule has 0 aliphatic carbocycles. The van der Waals surface area contributed by atoms with Gasteiger partial charge in [0.05, 0.1) is 18.6 Å². The molecule has 0 bridgehead atoms. The van der Waals surface area contributed by atoms with Crippen LogP contribution in [0.25, 0.3) is 5.43 Å². The van der Waals surface area contributed by atoms with Gasteiger partial charge in [0.1, 0.15) is 5.66 Å². The third-order valence-electron chi connectivity index (χ3n) is 5.66. The van der Waals surface area contributed by atoms with E-state index >= 15 is 0 Å². The highest BCUT2D eigenvalue weighted by Crippen LogP contribution is 2.54. The molecule has 1 saturated heterocycles. The monoisotopic (exact) mass is 350 g/mol. The Morgan fingerprint density at radius 1 is 1.15 bits per heavy atom. The molecule has 2 aromatic carbocycles. The molecule has 2 aliphatic heterocycles. The number of anilines is 1. The number of nitrogens with zero attached hydrogens (tertiary/aromatic N) is 4. The van der Waals surface area contributed by atoms with E-state index in [0.717, 1.165) is 11.4 Å². The van der Waals surface area contributed by atoms with Crippen LogP contribution in [0.15, 0.2) is 65.8 Å². The smallest absolute Gasteiger partial charge is 0.311 e. The van der Waals surface area contributed by atoms with Gasteiger partial charge in [0.25, 0.3) is 0 Å². The summed E-state index contributed by atoms with van der Waals surface area (Å²) in [5.41, 5.74) is 5.40. The predicted octanol–water partition coefficient (Wildman–Crippen LogP) is 3.87. The van der Waals surface area contributed by atoms with E-state index in [1.165, 1.54) is 7.11 Å². The fraction of sp³-hybridized carbons (Fsp3) is 0.350. The van der Waals surface area contributed by atoms with E-state index in [0.29, 0.717) is 6.54 Å². The summed E-state index contributed by atoms with van der Waals surface area (Å²) >= 11 is 0. The molecule has 0 N–H and O–H groups in total. The van der Waals surface area contributed by atoms with Gasteiger partial charge in [-0.05, 0) is 19.1 Å². The third kappa shape index (κ3) is 2.21. The number of methoxy groups -OCH3 is 1. The summed E-state index contributed by atoms with van der Waals surface area (Å²) in [5.74, 6) is -0.666. The number of carbonyl (C=O) groups is 1. The molecule has 1 unspecified atom stereocenters. The van der Waals surface area contributed by atoms with Crippen molar-refractivity contribution in [3.05, 3.63) is 66.1 Å². The molecule has 0 spiro atoms. The second kappa shape index (κ2) is 5.83. The lowest BCUT2D eigenvalue weighted by Gasteiger charge is -2.41. The summed E-state index contributed by atoms with van der Waals surface area (Å²) in [6.45, 7) is 4.54. The Balaban J connectivity index is 1.82. The lowest BCUT2D eigenvalue weighted by Crippen LogP contribution is -2.52. The Labute approximate surface area is 153 Å². The highest BCUT2D eigenvalue weighted by atomic mass is 16.5. The van der Waals surface area contributed by atoms with Crippen LogP contribution in [0, 0.1) is 5.92 Å². The van der Waals surface area contributed by atoms with Crippen molar-refractivity contribution in [1.29, 1.82) is 0 Å². The van der Waals surface area contributed by atoms with Gasteiger partial charge in [-0.1, -0.05) is 43.3 Å². The van der Waals surface area contributed by atoms with Crippen LogP contribution in [0.1, 0.15) is 13.8 Å². The van der Waals surface area contributed by atoms with Crippen molar-refractivity contribution in [3.63, 3.8) is 0 Å². The maximum absolute atomic E-state index is 12.6. The van der Waals surface area contributed by atoms with Crippen molar-refractivity contribution in [2.75, 3.05) is 18.6 Å². The molecule has 1 fully saturated rings. The Kier molecular flexibility index (Phi) is 3.72. The van der Waals surface area contributed by atoms with Crippen molar-refractivity contribution >= 4 is 17.3 Å². The minimum atomic E-state index is -0.730. The largest absolute Gasteiger partial charge is 0.469 e. The number of hydrogen-bond acceptors (Lipinski definition) is 4. The minimum Gasteiger partial charge on any atom is -0.469 e. The maximum Gasteiger partial charge on any atom is 0.311 e. The average Bonchev–Trinajstić information content (AvgIpc) is 3.07. The number of hydrogen-bond donors (Lipinski definition) is 0. The number of azo groups is 1. The van der Waals surface area contributed by atoms with E-state index in [9.17, 15) is 4.79 Å². The quantitative estimate of drug-likeness (QED) is 0.624. The van der Waals surface area contributed by atoms with Crippen LogP contribution in [-0.4, -0.2) is 35.6 Å². The molecule has 0 saturated carbocycles. The third-order valence-corrected chi connectivity index (χ3v) is 5.66. The van der Waals surface area contributed by atoms with Gasteiger partial charge in [0.2, 0.25) is 5.69 Å². The summed E-state index contributed by atoms with van der Waals surface area (Å²) in [7, 11) is 1.43. The molecular formula is C20H22N4O2. The normalized spacial score (nSPS) is 29.7. The molecule has 2 heterocycles. The van der Waals surface area contributed by atoms with Crippen LogP contribution in [0.3, 0.4) is 0 Å². The first kappa shape index (κ1) is 16.6. The van der Waals surface area contributed by atoms with Crippen LogP contribution >= 0.6 is 0 Å². The zero-order valence-corrected chi connectivity index (χ0v) is 15.2. The van der Waals surface area contributed by atoms with Crippen molar-refractivity contribution in [1.82, 2.24) is 0 Å². The van der Waals surface area contributed by atoms with Gasteiger partial charge in [0, 0.05) is 24.4 Å². The zero-order valence-electron chi connectivity index (χ0n) is 15.2. The fourth-order valence-electron chi connectivity index (χ4n) is 3.95. The average molecular weight is 350 g/mol. The summed E-state index contributed by atoms with van der Waals surface area (Å²) in [4.78, 5) is 16.4. The second-order valence-electron chi connectivity index (χ2n) is 7.02. The van der Waals surface area contributed by atoms with E-state index in [-0.39, 0.29) is 5.97 Å². The molecular weight excluding hydrogens is 328 g/mol. The first-order chi connectivity index (χ1) is 12.5. The number of carbonyl (C=O) groups excluding carboxylic acids is 1. The molecule has 2 aliphatic rings. The van der Waals surface area contributed by atoms with E-state index in [4.69, 9.17) is 15.3 Å². The van der Waals surface area contributed by atoms with Crippen molar-refractivity contribution in [3.8, 4) is 0 Å². The molecule has 26 heavy (non-hydrogen) atoms. The first-order valence-electron chi connectivity index (χ1n) is 8.71. The van der Waals surface area contributed by atoms with Crippen molar-refractivity contribution < 1.29 is 14.3 Å². The number of fused-ring (bicyclic) bond motifs is 1. The van der Waals surface area contributed by atoms with Crippen molar-refractivity contribution in [2.24, 2.45) is 11.0 Å². The van der Waals surface area contributed by atoms with E-state index in [1.807, 2.05) is 74.5 Å². The van der Waals surface area contributed by atoms with E-state index < -0.39 is 17.1 Å². The van der Waals surface area contributed by atoms with E-state index in [2.05, 4.69) is 4.90 Å². The van der Waals surface area contributed by atoms with Crippen LogP contribution in [-0.2, 0) is 9.53 Å².